The van der Waals surface area contributed by atoms with Gasteiger partial charge in [0, 0.05) is 32.0 Å². The van der Waals surface area contributed by atoms with Gasteiger partial charge >= 0.3 is 0 Å². The van der Waals surface area contributed by atoms with E-state index in [1.807, 2.05) is 16.4 Å². The van der Waals surface area contributed by atoms with E-state index in [2.05, 4.69) is 6.72 Å². The summed E-state index contributed by atoms with van der Waals surface area (Å²) in [6.45, 7) is 9.17. The molecule has 5 heteroatoms. The molecule has 0 aliphatic carbocycles. The number of nitrogens with zero attached hydrogens (tertiary/aromatic N) is 2. The number of unbranched alkanes of at least 4 members (excludes halogenated alkanes) is 1. The van der Waals surface area contributed by atoms with Crippen LogP contribution < -0.4 is 5.73 Å². The van der Waals surface area contributed by atoms with Crippen molar-refractivity contribution in [3.05, 3.63) is 0 Å². The Morgan fingerprint density at radius 3 is 2.84 bits per heavy atom. The molecule has 2 unspecified atom stereocenters. The van der Waals surface area contributed by atoms with Gasteiger partial charge in [-0.2, -0.15) is 0 Å². The topological polar surface area (TPSA) is 73.2 Å². The zero-order valence-electron chi connectivity index (χ0n) is 12.2. The van der Waals surface area contributed by atoms with Crippen molar-refractivity contribution in [1.29, 1.82) is 5.41 Å². The van der Waals surface area contributed by atoms with Crippen LogP contribution in [-0.2, 0) is 4.79 Å². The molecule has 0 spiro atoms. The van der Waals surface area contributed by atoms with Gasteiger partial charge in [0.1, 0.15) is 13.3 Å². The quantitative estimate of drug-likeness (QED) is 0.315. The Morgan fingerprint density at radius 2 is 2.26 bits per heavy atom. The second kappa shape index (κ2) is 7.38. The van der Waals surface area contributed by atoms with Crippen LogP contribution in [0.4, 0.5) is 0 Å². The lowest BCUT2D eigenvalue weighted by Crippen LogP contribution is -2.39. The van der Waals surface area contributed by atoms with Crippen LogP contribution in [-0.4, -0.2) is 53.1 Å². The van der Waals surface area contributed by atoms with E-state index >= 15 is 0 Å². The molecule has 5 nitrogen and oxygen atoms in total. The molecule has 2 atom stereocenters. The van der Waals surface area contributed by atoms with E-state index in [-0.39, 0.29) is 18.1 Å². The predicted octanol–water partition coefficient (Wildman–Crippen LogP) is 1.21. The number of nitrogens with two attached hydrogens (primary N) is 1. The smallest absolute Gasteiger partial charge is 0.223 e. The summed E-state index contributed by atoms with van der Waals surface area (Å²) in [6, 6.07) is 0.0425. The van der Waals surface area contributed by atoms with Crippen LogP contribution in [0.1, 0.15) is 46.0 Å². The van der Waals surface area contributed by atoms with E-state index in [4.69, 9.17) is 11.1 Å². The molecule has 1 aliphatic heterocycles. The van der Waals surface area contributed by atoms with E-state index in [0.717, 1.165) is 38.8 Å². The van der Waals surface area contributed by atoms with Crippen molar-refractivity contribution in [3.8, 4) is 0 Å². The maximum absolute atomic E-state index is 12.1. The summed E-state index contributed by atoms with van der Waals surface area (Å²) in [5.41, 5.74) is 6.30. The van der Waals surface area contributed by atoms with Crippen molar-refractivity contribution < 1.29 is 9.37 Å². The van der Waals surface area contributed by atoms with Crippen LogP contribution in [0, 0.1) is 5.41 Å². The first-order chi connectivity index (χ1) is 8.93. The first-order valence-electron chi connectivity index (χ1n) is 7.10. The van der Waals surface area contributed by atoms with E-state index < -0.39 is 0 Å². The van der Waals surface area contributed by atoms with Crippen molar-refractivity contribution in [1.82, 2.24) is 4.90 Å². The van der Waals surface area contributed by atoms with E-state index in [1.54, 1.807) is 6.92 Å². The lowest BCUT2D eigenvalue weighted by Gasteiger charge is -2.24. The first kappa shape index (κ1) is 15.8. The molecule has 0 bridgehead atoms. The predicted molar refractivity (Wildman–Crippen MR) is 77.9 cm³/mol. The van der Waals surface area contributed by atoms with Crippen molar-refractivity contribution in [3.63, 3.8) is 0 Å². The second-order valence-electron chi connectivity index (χ2n) is 5.44. The standard InChI is InChI=1S/C14H27N4O/c1-11(15)13-7-6-10-18(13)14(19)8-4-5-9-17(3)12(2)16/h12-13,15H,3-10,16H2,1-2H3/q+1. The molecule has 0 aromatic heterocycles. The number of rotatable bonds is 7. The molecule has 108 valence electrons. The van der Waals surface area contributed by atoms with E-state index in [1.165, 1.54) is 0 Å². The SMILES string of the molecule is C=[N+](CCCCC(=O)N1CCCC1C(C)=N)C(C)N. The van der Waals surface area contributed by atoms with Crippen molar-refractivity contribution in [2.24, 2.45) is 5.73 Å². The number of hydrogen-bond donors (Lipinski definition) is 2. The Balaban J connectivity index is 2.28. The highest BCUT2D eigenvalue weighted by Crippen LogP contribution is 2.19. The van der Waals surface area contributed by atoms with Crippen LogP contribution in [0.15, 0.2) is 0 Å². The average Bonchev–Trinajstić information content (AvgIpc) is 2.83. The summed E-state index contributed by atoms with van der Waals surface area (Å²) in [7, 11) is 0. The van der Waals surface area contributed by atoms with E-state index in [9.17, 15) is 4.79 Å². The van der Waals surface area contributed by atoms with Gasteiger partial charge < -0.3 is 10.3 Å². The summed E-state index contributed by atoms with van der Waals surface area (Å²) in [5, 5.41) is 7.71. The second-order valence-corrected chi connectivity index (χ2v) is 5.44. The number of carbonyl (C=O) groups is 1. The number of hydrogen-bond acceptors (Lipinski definition) is 3. The average molecular weight is 267 g/mol. The highest BCUT2D eigenvalue weighted by molar-refractivity contribution is 5.89. The molecule has 0 aromatic carbocycles. The van der Waals surface area contributed by atoms with E-state index in [0.29, 0.717) is 12.1 Å². The van der Waals surface area contributed by atoms with Gasteiger partial charge in [-0.15, -0.1) is 0 Å². The van der Waals surface area contributed by atoms with Gasteiger partial charge in [0.2, 0.25) is 12.1 Å². The highest BCUT2D eigenvalue weighted by atomic mass is 16.2. The molecule has 0 saturated carbocycles. The Hall–Kier alpha value is -1.23. The minimum absolute atomic E-state index is 0.0424. The highest BCUT2D eigenvalue weighted by Gasteiger charge is 2.29. The normalized spacial score (nSPS) is 20.4. The van der Waals surface area contributed by atoms with Crippen LogP contribution in [0.3, 0.4) is 0 Å². The van der Waals surface area contributed by atoms with Gasteiger partial charge in [-0.1, -0.05) is 0 Å². The third-order valence-electron chi connectivity index (χ3n) is 3.73. The third kappa shape index (κ3) is 4.74. The summed E-state index contributed by atoms with van der Waals surface area (Å²) < 4.78 is 1.84. The minimum Gasteiger partial charge on any atom is -0.334 e. The molecule has 1 amide bonds. The summed E-state index contributed by atoms with van der Waals surface area (Å²) in [5.74, 6) is 0.186. The van der Waals surface area contributed by atoms with Crippen molar-refractivity contribution >= 4 is 18.3 Å². The number of carbonyl (C=O) groups excluding carboxylic acids is 1. The molecular weight excluding hydrogens is 240 g/mol. The van der Waals surface area contributed by atoms with Gasteiger partial charge in [-0.05, 0) is 26.2 Å². The lowest BCUT2D eigenvalue weighted by atomic mass is 10.1. The van der Waals surface area contributed by atoms with Gasteiger partial charge in [0.15, 0.2) is 0 Å². The molecule has 0 radical (unpaired) electrons. The van der Waals surface area contributed by atoms with Gasteiger partial charge in [-0.3, -0.25) is 10.5 Å². The summed E-state index contributed by atoms with van der Waals surface area (Å²) >= 11 is 0. The van der Waals surface area contributed by atoms with Crippen molar-refractivity contribution in [2.45, 2.75) is 58.2 Å². The molecule has 3 N–H and O–H groups in total. The van der Waals surface area contributed by atoms with Crippen LogP contribution >= 0.6 is 0 Å². The van der Waals surface area contributed by atoms with Gasteiger partial charge in [0.05, 0.1) is 6.04 Å². The summed E-state index contributed by atoms with van der Waals surface area (Å²) in [4.78, 5) is 14.0. The third-order valence-corrected chi connectivity index (χ3v) is 3.73. The lowest BCUT2D eigenvalue weighted by molar-refractivity contribution is -0.554. The van der Waals surface area contributed by atoms with Crippen LogP contribution in [0.2, 0.25) is 0 Å². The minimum atomic E-state index is -0.0424. The van der Waals surface area contributed by atoms with Crippen LogP contribution in [0.25, 0.3) is 0 Å². The molecule has 1 heterocycles. The number of amides is 1. The summed E-state index contributed by atoms with van der Waals surface area (Å²) in [6.07, 6.45) is 4.27. The zero-order chi connectivity index (χ0) is 14.4. The maximum atomic E-state index is 12.1. The van der Waals surface area contributed by atoms with Crippen molar-refractivity contribution in [2.75, 3.05) is 13.1 Å². The Labute approximate surface area is 116 Å². The monoisotopic (exact) mass is 267 g/mol. The Bertz CT molecular complexity index is 351. The molecule has 1 saturated heterocycles. The molecule has 1 rings (SSSR count). The fourth-order valence-electron chi connectivity index (χ4n) is 2.45. The largest absolute Gasteiger partial charge is 0.334 e. The molecule has 1 fully saturated rings. The fourth-order valence-corrected chi connectivity index (χ4v) is 2.45. The maximum Gasteiger partial charge on any atom is 0.223 e. The van der Waals surface area contributed by atoms with Gasteiger partial charge in [0.25, 0.3) is 0 Å². The molecular formula is C14H27N4O+. The molecule has 0 aromatic rings. The molecule has 19 heavy (non-hydrogen) atoms. The number of likely N-dealkylation sites (tertiary alicyclic amines) is 1. The first-order valence-corrected chi connectivity index (χ1v) is 7.10. The zero-order valence-corrected chi connectivity index (χ0v) is 12.2. The number of nitrogens with one attached hydrogen (secondary N) is 1. The molecule has 1 aliphatic rings. The van der Waals surface area contributed by atoms with Crippen LogP contribution in [0.5, 0.6) is 0 Å². The Kier molecular flexibility index (Phi) is 6.15. The Morgan fingerprint density at radius 1 is 1.58 bits per heavy atom. The fraction of sp³-hybridized carbons (Fsp3) is 0.786. The van der Waals surface area contributed by atoms with Gasteiger partial charge in [-0.25, -0.2) is 4.58 Å².